The maximum Gasteiger partial charge on any atom is 1.00 e. The van der Waals surface area contributed by atoms with Gasteiger partial charge in [0.1, 0.15) is 0 Å². The third-order valence-corrected chi connectivity index (χ3v) is 2.17. The van der Waals surface area contributed by atoms with Gasteiger partial charge in [0.15, 0.2) is 0 Å². The summed E-state index contributed by atoms with van der Waals surface area (Å²) in [7, 11) is 0. The van der Waals surface area contributed by atoms with Crippen LogP contribution in [0.25, 0.3) is 0 Å². The first kappa shape index (κ1) is 14.6. The van der Waals surface area contributed by atoms with Crippen molar-refractivity contribution in [1.29, 1.82) is 0 Å². The Morgan fingerprint density at radius 3 is 2.60 bits per heavy atom. The molecule has 1 aromatic carbocycles. The van der Waals surface area contributed by atoms with E-state index in [4.69, 9.17) is 0 Å². The minimum absolute atomic E-state index is 0. The molecule has 0 saturated carbocycles. The summed E-state index contributed by atoms with van der Waals surface area (Å²) in [5.41, 5.74) is 1.76. The molecule has 0 aromatic heterocycles. The number of carboxylic acids is 1. The number of benzene rings is 1. The molecule has 15 heavy (non-hydrogen) atoms. The first-order valence-corrected chi connectivity index (χ1v) is 4.54. The Morgan fingerprint density at radius 2 is 2.07 bits per heavy atom. The van der Waals surface area contributed by atoms with Gasteiger partial charge in [0.25, 0.3) is 0 Å². The van der Waals surface area contributed by atoms with Gasteiger partial charge in [0.05, 0.1) is 6.10 Å². The molecule has 0 fully saturated rings. The minimum atomic E-state index is -1.13. The van der Waals surface area contributed by atoms with Gasteiger partial charge in [-0.25, -0.2) is 0 Å². The first-order valence-electron chi connectivity index (χ1n) is 4.54. The summed E-state index contributed by atoms with van der Waals surface area (Å²) in [6.45, 7) is 1.89. The van der Waals surface area contributed by atoms with Crippen molar-refractivity contribution in [2.24, 2.45) is 0 Å². The summed E-state index contributed by atoms with van der Waals surface area (Å²) < 4.78 is 0. The van der Waals surface area contributed by atoms with Crippen LogP contribution in [0.3, 0.4) is 0 Å². The largest absolute Gasteiger partial charge is 1.00 e. The van der Waals surface area contributed by atoms with Gasteiger partial charge in [-0.1, -0.05) is 24.3 Å². The summed E-state index contributed by atoms with van der Waals surface area (Å²) in [5, 5.41) is 19.9. The van der Waals surface area contributed by atoms with Crippen LogP contribution in [0.2, 0.25) is 0 Å². The van der Waals surface area contributed by atoms with Gasteiger partial charge in [-0.3, -0.25) is 0 Å². The van der Waals surface area contributed by atoms with Crippen LogP contribution in [0.15, 0.2) is 24.3 Å². The van der Waals surface area contributed by atoms with Crippen molar-refractivity contribution in [2.75, 3.05) is 0 Å². The number of carbonyl (C=O) groups is 1. The molecule has 0 spiro atoms. The van der Waals surface area contributed by atoms with Gasteiger partial charge in [-0.05, 0) is 30.9 Å². The topological polar surface area (TPSA) is 60.4 Å². The van der Waals surface area contributed by atoms with Gasteiger partial charge in [-0.2, -0.15) is 0 Å². The van der Waals surface area contributed by atoms with Crippen molar-refractivity contribution >= 4 is 5.97 Å². The van der Waals surface area contributed by atoms with E-state index in [1.807, 2.05) is 25.1 Å². The molecule has 1 atom stereocenters. The number of aryl methyl sites for hydroxylation is 1. The molecule has 1 N–H and O–H groups in total. The normalized spacial score (nSPS) is 11.6. The summed E-state index contributed by atoms with van der Waals surface area (Å²) in [6, 6.07) is 7.39. The van der Waals surface area contributed by atoms with E-state index in [1.54, 1.807) is 6.07 Å². The SMILES string of the molecule is Cc1ccccc1C(O)CCC(=O)[O-].[Na+]. The van der Waals surface area contributed by atoms with Crippen molar-refractivity contribution in [2.45, 2.75) is 25.9 Å². The Morgan fingerprint density at radius 1 is 1.47 bits per heavy atom. The van der Waals surface area contributed by atoms with E-state index < -0.39 is 12.1 Å². The number of aliphatic hydroxyl groups excluding tert-OH is 1. The predicted molar refractivity (Wildman–Crippen MR) is 50.4 cm³/mol. The maximum atomic E-state index is 10.2. The standard InChI is InChI=1S/C11H14O3.Na/c1-8-4-2-3-5-9(8)10(12)6-7-11(13)14;/h2-5,10,12H,6-7H2,1H3,(H,13,14);/q;+1/p-1. The molecule has 0 radical (unpaired) electrons. The molecule has 0 aliphatic heterocycles. The van der Waals surface area contributed by atoms with Crippen LogP contribution < -0.4 is 34.7 Å². The van der Waals surface area contributed by atoms with E-state index >= 15 is 0 Å². The van der Waals surface area contributed by atoms with Crippen molar-refractivity contribution in [3.05, 3.63) is 35.4 Å². The van der Waals surface area contributed by atoms with E-state index in [0.717, 1.165) is 11.1 Å². The quantitative estimate of drug-likeness (QED) is 0.569. The zero-order chi connectivity index (χ0) is 10.6. The second-order valence-electron chi connectivity index (χ2n) is 3.28. The number of carbonyl (C=O) groups excluding carboxylic acids is 1. The van der Waals surface area contributed by atoms with E-state index in [9.17, 15) is 15.0 Å². The van der Waals surface area contributed by atoms with Gasteiger partial charge in [-0.15, -0.1) is 0 Å². The number of carboxylic acid groups (broad SMARTS) is 1. The fraction of sp³-hybridized carbons (Fsp3) is 0.364. The summed E-state index contributed by atoms with van der Waals surface area (Å²) in [6.07, 6.45) is -0.628. The Kier molecular flexibility index (Phi) is 6.85. The monoisotopic (exact) mass is 216 g/mol. The smallest absolute Gasteiger partial charge is 0.550 e. The van der Waals surface area contributed by atoms with Gasteiger partial charge in [0, 0.05) is 5.97 Å². The summed E-state index contributed by atoms with van der Waals surface area (Å²) in [5.74, 6) is -1.13. The van der Waals surface area contributed by atoms with Gasteiger partial charge < -0.3 is 15.0 Å². The second-order valence-corrected chi connectivity index (χ2v) is 3.28. The first-order chi connectivity index (χ1) is 6.61. The van der Waals surface area contributed by atoms with Crippen LogP contribution in [0, 0.1) is 6.92 Å². The molecule has 76 valence electrons. The number of aliphatic carboxylic acids is 1. The van der Waals surface area contributed by atoms with Crippen LogP contribution in [0.1, 0.15) is 30.1 Å². The van der Waals surface area contributed by atoms with E-state index in [-0.39, 0.29) is 42.4 Å². The Bertz CT molecular complexity index is 325. The molecule has 0 bridgehead atoms. The zero-order valence-corrected chi connectivity index (χ0v) is 11.1. The molecule has 3 nitrogen and oxygen atoms in total. The summed E-state index contributed by atoms with van der Waals surface area (Å²) >= 11 is 0. The molecule has 0 amide bonds. The molecule has 0 saturated heterocycles. The van der Waals surface area contributed by atoms with Crippen molar-refractivity contribution in [1.82, 2.24) is 0 Å². The average molecular weight is 216 g/mol. The van der Waals surface area contributed by atoms with Crippen LogP contribution in [0.4, 0.5) is 0 Å². The minimum Gasteiger partial charge on any atom is -0.550 e. The van der Waals surface area contributed by atoms with Crippen molar-refractivity contribution in [3.63, 3.8) is 0 Å². The fourth-order valence-electron chi connectivity index (χ4n) is 1.37. The predicted octanol–water partition coefficient (Wildman–Crippen LogP) is -2.44. The van der Waals surface area contributed by atoms with Crippen LogP contribution >= 0.6 is 0 Å². The van der Waals surface area contributed by atoms with Crippen molar-refractivity contribution in [3.8, 4) is 0 Å². The second kappa shape index (κ2) is 7.01. The molecule has 1 aromatic rings. The van der Waals surface area contributed by atoms with E-state index in [1.165, 1.54) is 0 Å². The average Bonchev–Trinajstić information content (AvgIpc) is 2.15. The molecular weight excluding hydrogens is 203 g/mol. The maximum absolute atomic E-state index is 10.2. The fourth-order valence-corrected chi connectivity index (χ4v) is 1.37. The molecule has 1 rings (SSSR count). The Labute approximate surface area is 111 Å². The van der Waals surface area contributed by atoms with Crippen molar-refractivity contribution < 1.29 is 44.6 Å². The molecule has 1 unspecified atom stereocenters. The number of hydrogen-bond donors (Lipinski definition) is 1. The number of hydrogen-bond acceptors (Lipinski definition) is 3. The van der Waals surface area contributed by atoms with E-state index in [0.29, 0.717) is 0 Å². The number of aliphatic hydroxyl groups is 1. The Hall–Kier alpha value is -0.350. The zero-order valence-electron chi connectivity index (χ0n) is 9.06. The third-order valence-electron chi connectivity index (χ3n) is 2.17. The molecule has 4 heteroatoms. The molecule has 0 heterocycles. The van der Waals surface area contributed by atoms with E-state index in [2.05, 4.69) is 0 Å². The van der Waals surface area contributed by atoms with Crippen LogP contribution in [-0.4, -0.2) is 11.1 Å². The molecule has 0 aliphatic carbocycles. The van der Waals surface area contributed by atoms with Crippen LogP contribution in [-0.2, 0) is 4.79 Å². The molecule has 0 aliphatic rings. The molecular formula is C11H13NaO3. The van der Waals surface area contributed by atoms with Gasteiger partial charge in [0.2, 0.25) is 0 Å². The third kappa shape index (κ3) is 4.80. The van der Waals surface area contributed by atoms with Crippen LogP contribution in [0.5, 0.6) is 0 Å². The Balaban J connectivity index is 0.00000196. The van der Waals surface area contributed by atoms with Gasteiger partial charge >= 0.3 is 29.6 Å². The summed E-state index contributed by atoms with van der Waals surface area (Å²) in [4.78, 5) is 10.2. The number of rotatable bonds is 4.